The number of aromatic nitrogens is 2. The Morgan fingerprint density at radius 2 is 2.33 bits per heavy atom. The molecule has 0 bridgehead atoms. The zero-order valence-corrected chi connectivity index (χ0v) is 11.0. The Bertz CT molecular complexity index is 587. The van der Waals surface area contributed by atoms with Crippen molar-refractivity contribution in [2.75, 3.05) is 5.32 Å². The Morgan fingerprint density at radius 3 is 2.94 bits per heavy atom. The SMILES string of the molecule is Cc1ncsc1CNc1ncc(Cl)cc1[N+](=O)[O-]. The maximum absolute atomic E-state index is 10.9. The van der Waals surface area contributed by atoms with Crippen LogP contribution in [0.3, 0.4) is 0 Å². The Hall–Kier alpha value is -1.73. The normalized spacial score (nSPS) is 10.3. The number of anilines is 1. The van der Waals surface area contributed by atoms with E-state index in [1.54, 1.807) is 5.51 Å². The van der Waals surface area contributed by atoms with Crippen LogP contribution >= 0.6 is 22.9 Å². The molecule has 0 aliphatic carbocycles. The minimum atomic E-state index is -0.513. The monoisotopic (exact) mass is 284 g/mol. The summed E-state index contributed by atoms with van der Waals surface area (Å²) >= 11 is 7.17. The van der Waals surface area contributed by atoms with Gasteiger partial charge in [-0.1, -0.05) is 11.6 Å². The lowest BCUT2D eigenvalue weighted by Crippen LogP contribution is -2.04. The van der Waals surface area contributed by atoms with Crippen LogP contribution in [0.2, 0.25) is 5.02 Å². The van der Waals surface area contributed by atoms with Crippen LogP contribution in [0.5, 0.6) is 0 Å². The average Bonchev–Trinajstić information content (AvgIpc) is 2.73. The molecule has 0 aliphatic heterocycles. The highest BCUT2D eigenvalue weighted by Crippen LogP contribution is 2.26. The number of hydrogen-bond acceptors (Lipinski definition) is 6. The number of nitrogens with zero attached hydrogens (tertiary/aromatic N) is 3. The van der Waals surface area contributed by atoms with Gasteiger partial charge < -0.3 is 5.32 Å². The summed E-state index contributed by atoms with van der Waals surface area (Å²) in [5, 5.41) is 14.0. The number of nitro groups is 1. The molecule has 2 heterocycles. The molecule has 2 rings (SSSR count). The predicted octanol–water partition coefficient (Wildman–Crippen LogP) is 3.02. The summed E-state index contributed by atoms with van der Waals surface area (Å²) in [6, 6.07) is 1.27. The zero-order chi connectivity index (χ0) is 13.1. The van der Waals surface area contributed by atoms with E-state index in [0.29, 0.717) is 6.54 Å². The molecule has 0 radical (unpaired) electrons. The maximum atomic E-state index is 10.9. The molecular formula is C10H9ClN4O2S. The minimum absolute atomic E-state index is 0.135. The Labute approximate surface area is 112 Å². The minimum Gasteiger partial charge on any atom is -0.359 e. The topological polar surface area (TPSA) is 81.0 Å². The number of thiazole rings is 1. The highest BCUT2D eigenvalue weighted by atomic mass is 35.5. The molecule has 18 heavy (non-hydrogen) atoms. The fraction of sp³-hybridized carbons (Fsp3) is 0.200. The van der Waals surface area contributed by atoms with E-state index in [4.69, 9.17) is 11.6 Å². The van der Waals surface area contributed by atoms with Crippen LogP contribution in [0.15, 0.2) is 17.8 Å². The zero-order valence-electron chi connectivity index (χ0n) is 9.38. The van der Waals surface area contributed by atoms with E-state index >= 15 is 0 Å². The smallest absolute Gasteiger partial charge is 0.312 e. The van der Waals surface area contributed by atoms with Crippen molar-refractivity contribution in [3.63, 3.8) is 0 Å². The summed E-state index contributed by atoms with van der Waals surface area (Å²) in [6.45, 7) is 2.34. The molecule has 0 aliphatic rings. The molecule has 94 valence electrons. The van der Waals surface area contributed by atoms with Crippen LogP contribution in [0, 0.1) is 17.0 Å². The lowest BCUT2D eigenvalue weighted by Gasteiger charge is -2.05. The van der Waals surface area contributed by atoms with Gasteiger partial charge in [0.25, 0.3) is 0 Å². The lowest BCUT2D eigenvalue weighted by molar-refractivity contribution is -0.384. The first kappa shape index (κ1) is 12.7. The van der Waals surface area contributed by atoms with Crippen molar-refractivity contribution in [1.82, 2.24) is 9.97 Å². The predicted molar refractivity (Wildman–Crippen MR) is 70.1 cm³/mol. The average molecular weight is 285 g/mol. The van der Waals surface area contributed by atoms with Crippen molar-refractivity contribution >= 4 is 34.4 Å². The molecule has 1 N–H and O–H groups in total. The molecule has 0 saturated heterocycles. The van der Waals surface area contributed by atoms with Crippen LogP contribution in [-0.2, 0) is 6.54 Å². The summed E-state index contributed by atoms with van der Waals surface area (Å²) < 4.78 is 0. The number of halogens is 1. The van der Waals surface area contributed by atoms with E-state index in [1.165, 1.54) is 23.6 Å². The first-order valence-corrected chi connectivity index (χ1v) is 6.26. The quantitative estimate of drug-likeness (QED) is 0.689. The highest BCUT2D eigenvalue weighted by Gasteiger charge is 2.16. The Balaban J connectivity index is 2.19. The van der Waals surface area contributed by atoms with Gasteiger partial charge in [0.2, 0.25) is 5.82 Å². The van der Waals surface area contributed by atoms with Crippen molar-refractivity contribution in [3.8, 4) is 0 Å². The van der Waals surface area contributed by atoms with Gasteiger partial charge in [-0.15, -0.1) is 11.3 Å². The van der Waals surface area contributed by atoms with Gasteiger partial charge in [-0.2, -0.15) is 0 Å². The Kier molecular flexibility index (Phi) is 3.73. The van der Waals surface area contributed by atoms with Gasteiger partial charge in [-0.05, 0) is 6.92 Å². The fourth-order valence-corrected chi connectivity index (χ4v) is 2.23. The lowest BCUT2D eigenvalue weighted by atomic mass is 10.3. The third kappa shape index (κ3) is 2.74. The number of nitrogens with one attached hydrogen (secondary N) is 1. The van der Waals surface area contributed by atoms with Crippen LogP contribution in [0.1, 0.15) is 10.6 Å². The molecule has 2 aromatic rings. The van der Waals surface area contributed by atoms with E-state index in [2.05, 4.69) is 15.3 Å². The third-order valence-electron chi connectivity index (χ3n) is 2.29. The molecule has 6 nitrogen and oxygen atoms in total. The molecule has 0 atom stereocenters. The van der Waals surface area contributed by atoms with Crippen LogP contribution in [0.25, 0.3) is 0 Å². The molecule has 8 heteroatoms. The number of hydrogen-bond donors (Lipinski definition) is 1. The molecule has 2 aromatic heterocycles. The largest absolute Gasteiger partial charge is 0.359 e. The van der Waals surface area contributed by atoms with Crippen molar-refractivity contribution in [1.29, 1.82) is 0 Å². The molecule has 0 spiro atoms. The van der Waals surface area contributed by atoms with E-state index in [1.807, 2.05) is 6.92 Å². The Morgan fingerprint density at radius 1 is 1.56 bits per heavy atom. The second-order valence-corrected chi connectivity index (χ2v) is 4.87. The molecule has 0 aromatic carbocycles. The van der Waals surface area contributed by atoms with E-state index in [9.17, 15) is 10.1 Å². The summed E-state index contributed by atoms with van der Waals surface area (Å²) in [5.74, 6) is 0.206. The number of rotatable bonds is 4. The first-order chi connectivity index (χ1) is 8.58. The molecule has 0 unspecified atom stereocenters. The van der Waals surface area contributed by atoms with Gasteiger partial charge in [-0.3, -0.25) is 10.1 Å². The summed E-state index contributed by atoms with van der Waals surface area (Å²) in [7, 11) is 0. The van der Waals surface area contributed by atoms with Crippen LogP contribution < -0.4 is 5.32 Å². The molecule has 0 saturated carbocycles. The van der Waals surface area contributed by atoms with Crippen molar-refractivity contribution in [2.24, 2.45) is 0 Å². The van der Waals surface area contributed by atoms with Gasteiger partial charge in [0.15, 0.2) is 0 Å². The number of aryl methyl sites for hydroxylation is 1. The van der Waals surface area contributed by atoms with E-state index in [0.717, 1.165) is 10.6 Å². The fourth-order valence-electron chi connectivity index (χ4n) is 1.36. The van der Waals surface area contributed by atoms with Gasteiger partial charge in [0.05, 0.1) is 27.7 Å². The molecular weight excluding hydrogens is 276 g/mol. The second kappa shape index (κ2) is 5.28. The summed E-state index contributed by atoms with van der Waals surface area (Å²) in [5.41, 5.74) is 2.50. The second-order valence-electron chi connectivity index (χ2n) is 3.49. The summed E-state index contributed by atoms with van der Waals surface area (Å²) in [4.78, 5) is 19.4. The van der Waals surface area contributed by atoms with Crippen LogP contribution in [0.4, 0.5) is 11.5 Å². The van der Waals surface area contributed by atoms with Crippen molar-refractivity contribution in [2.45, 2.75) is 13.5 Å². The standard InChI is InChI=1S/C10H9ClN4O2S/c1-6-9(18-5-14-6)4-13-10-8(15(16)17)2-7(11)3-12-10/h2-3,5H,4H2,1H3,(H,12,13). The maximum Gasteiger partial charge on any atom is 0.312 e. The molecule has 0 fully saturated rings. The van der Waals surface area contributed by atoms with Gasteiger partial charge >= 0.3 is 5.69 Å². The van der Waals surface area contributed by atoms with E-state index in [-0.39, 0.29) is 16.5 Å². The highest BCUT2D eigenvalue weighted by molar-refractivity contribution is 7.09. The van der Waals surface area contributed by atoms with Crippen LogP contribution in [-0.4, -0.2) is 14.9 Å². The van der Waals surface area contributed by atoms with Crippen molar-refractivity contribution in [3.05, 3.63) is 43.5 Å². The van der Waals surface area contributed by atoms with Crippen molar-refractivity contribution < 1.29 is 4.92 Å². The first-order valence-electron chi connectivity index (χ1n) is 5.00. The van der Waals surface area contributed by atoms with Gasteiger partial charge in [0.1, 0.15) is 0 Å². The third-order valence-corrected chi connectivity index (χ3v) is 3.43. The number of pyridine rings is 1. The van der Waals surface area contributed by atoms with Gasteiger partial charge in [0, 0.05) is 17.1 Å². The molecule has 0 amide bonds. The van der Waals surface area contributed by atoms with E-state index < -0.39 is 4.92 Å². The van der Waals surface area contributed by atoms with Gasteiger partial charge in [-0.25, -0.2) is 9.97 Å². The summed E-state index contributed by atoms with van der Waals surface area (Å²) in [6.07, 6.45) is 1.37.